The molecular weight excluding hydrogens is 252 g/mol. The molecule has 1 saturated heterocycles. The summed E-state index contributed by atoms with van der Waals surface area (Å²) in [6, 6.07) is -1.29. The number of carboxylic acids is 1. The van der Waals surface area contributed by atoms with E-state index in [4.69, 9.17) is 14.6 Å². The summed E-state index contributed by atoms with van der Waals surface area (Å²) in [6.07, 6.45) is -0.365. The van der Waals surface area contributed by atoms with E-state index in [9.17, 15) is 9.59 Å². The fourth-order valence-electron chi connectivity index (χ4n) is 2.10. The van der Waals surface area contributed by atoms with Crippen molar-refractivity contribution in [3.8, 4) is 0 Å². The molecule has 0 bridgehead atoms. The van der Waals surface area contributed by atoms with Gasteiger partial charge in [0.1, 0.15) is 18.2 Å². The van der Waals surface area contributed by atoms with E-state index in [1.54, 1.807) is 28.1 Å². The van der Waals surface area contributed by atoms with E-state index in [0.717, 1.165) is 0 Å². The van der Waals surface area contributed by atoms with E-state index in [2.05, 4.69) is 5.32 Å². The van der Waals surface area contributed by atoms with Crippen LogP contribution < -0.4 is 5.32 Å². The van der Waals surface area contributed by atoms with Crippen molar-refractivity contribution in [1.82, 2.24) is 10.2 Å². The first-order valence-corrected chi connectivity index (χ1v) is 6.24. The van der Waals surface area contributed by atoms with Gasteiger partial charge in [0, 0.05) is 14.2 Å². The molecule has 1 rings (SSSR count). The van der Waals surface area contributed by atoms with Crippen LogP contribution in [0, 0.1) is 5.92 Å². The van der Waals surface area contributed by atoms with Gasteiger partial charge in [-0.05, 0) is 5.92 Å². The number of hydrogen-bond acceptors (Lipinski definition) is 4. The Balaban J connectivity index is 2.62. The Morgan fingerprint density at radius 3 is 2.00 bits per heavy atom. The van der Waals surface area contributed by atoms with E-state index in [1.807, 2.05) is 0 Å². The number of rotatable bonds is 5. The molecule has 0 spiro atoms. The third-order valence-electron chi connectivity index (χ3n) is 3.32. The van der Waals surface area contributed by atoms with Crippen molar-refractivity contribution < 1.29 is 24.2 Å². The molecule has 2 unspecified atom stereocenters. The fourth-order valence-corrected chi connectivity index (χ4v) is 2.10. The zero-order chi connectivity index (χ0) is 14.6. The second kappa shape index (κ2) is 6.72. The predicted octanol–water partition coefficient (Wildman–Crippen LogP) is 0.151. The predicted molar refractivity (Wildman–Crippen MR) is 68.0 cm³/mol. The van der Waals surface area contributed by atoms with Crippen LogP contribution in [0.15, 0.2) is 0 Å². The van der Waals surface area contributed by atoms with Gasteiger partial charge in [-0.3, -0.25) is 0 Å². The maximum absolute atomic E-state index is 12.0. The highest BCUT2D eigenvalue weighted by Crippen LogP contribution is 2.16. The SMILES string of the molecule is COC1CN(C(=O)N[C@H](C(=O)O)C(C)C)CC1OC. The summed E-state index contributed by atoms with van der Waals surface area (Å²) in [5.41, 5.74) is 0. The van der Waals surface area contributed by atoms with Crippen LogP contribution in [0.5, 0.6) is 0 Å². The van der Waals surface area contributed by atoms with Crippen LogP contribution in [0.1, 0.15) is 13.8 Å². The number of methoxy groups -OCH3 is 2. The molecule has 0 aromatic carbocycles. The van der Waals surface area contributed by atoms with Gasteiger partial charge in [0.05, 0.1) is 13.1 Å². The highest BCUT2D eigenvalue weighted by atomic mass is 16.5. The Morgan fingerprint density at radius 2 is 1.68 bits per heavy atom. The summed E-state index contributed by atoms with van der Waals surface area (Å²) in [5, 5.41) is 11.6. The van der Waals surface area contributed by atoms with E-state index in [-0.39, 0.29) is 18.1 Å². The minimum absolute atomic E-state index is 0.180. The third kappa shape index (κ3) is 3.81. The van der Waals surface area contributed by atoms with Crippen molar-refractivity contribution in [3.63, 3.8) is 0 Å². The molecule has 7 heteroatoms. The van der Waals surface area contributed by atoms with Crippen molar-refractivity contribution in [2.45, 2.75) is 32.1 Å². The Hall–Kier alpha value is -1.34. The average molecular weight is 274 g/mol. The quantitative estimate of drug-likeness (QED) is 0.745. The van der Waals surface area contributed by atoms with Crippen LogP contribution in [0.2, 0.25) is 0 Å². The third-order valence-corrected chi connectivity index (χ3v) is 3.32. The molecule has 0 aromatic heterocycles. The lowest BCUT2D eigenvalue weighted by Crippen LogP contribution is -2.49. The number of ether oxygens (including phenoxy) is 2. The molecule has 110 valence electrons. The van der Waals surface area contributed by atoms with Crippen LogP contribution in [-0.4, -0.2) is 67.6 Å². The summed E-state index contributed by atoms with van der Waals surface area (Å²) < 4.78 is 10.5. The van der Waals surface area contributed by atoms with Crippen molar-refractivity contribution in [2.75, 3.05) is 27.3 Å². The lowest BCUT2D eigenvalue weighted by Gasteiger charge is -2.22. The summed E-state index contributed by atoms with van der Waals surface area (Å²) in [6.45, 7) is 4.29. The summed E-state index contributed by atoms with van der Waals surface area (Å²) in [5.74, 6) is -1.21. The second-order valence-electron chi connectivity index (χ2n) is 4.96. The molecule has 7 nitrogen and oxygen atoms in total. The maximum atomic E-state index is 12.0. The van der Waals surface area contributed by atoms with Gasteiger partial charge in [0.25, 0.3) is 0 Å². The number of likely N-dealkylation sites (tertiary alicyclic amines) is 1. The number of nitrogens with zero attached hydrogens (tertiary/aromatic N) is 1. The van der Waals surface area contributed by atoms with Gasteiger partial charge < -0.3 is 24.8 Å². The van der Waals surface area contributed by atoms with Gasteiger partial charge in [0.2, 0.25) is 0 Å². The van der Waals surface area contributed by atoms with Gasteiger partial charge in [-0.2, -0.15) is 0 Å². The van der Waals surface area contributed by atoms with Crippen molar-refractivity contribution in [1.29, 1.82) is 0 Å². The molecule has 0 saturated carbocycles. The summed E-state index contributed by atoms with van der Waals surface area (Å²) >= 11 is 0. The van der Waals surface area contributed by atoms with Gasteiger partial charge in [-0.1, -0.05) is 13.8 Å². The number of aliphatic carboxylic acids is 1. The number of nitrogens with one attached hydrogen (secondary N) is 1. The molecule has 0 aromatic rings. The number of carbonyl (C=O) groups is 2. The van der Waals surface area contributed by atoms with Gasteiger partial charge in [-0.15, -0.1) is 0 Å². The Morgan fingerprint density at radius 1 is 1.21 bits per heavy atom. The molecule has 1 fully saturated rings. The number of carboxylic acid groups (broad SMARTS) is 1. The molecule has 1 aliphatic rings. The topological polar surface area (TPSA) is 88.1 Å². The average Bonchev–Trinajstić information content (AvgIpc) is 2.77. The summed E-state index contributed by atoms with van der Waals surface area (Å²) in [4.78, 5) is 24.6. The van der Waals surface area contributed by atoms with Crippen molar-refractivity contribution in [2.24, 2.45) is 5.92 Å². The van der Waals surface area contributed by atoms with Crippen LogP contribution >= 0.6 is 0 Å². The smallest absolute Gasteiger partial charge is 0.326 e. The van der Waals surface area contributed by atoms with E-state index in [0.29, 0.717) is 13.1 Å². The van der Waals surface area contributed by atoms with Gasteiger partial charge >= 0.3 is 12.0 Å². The highest BCUT2D eigenvalue weighted by molar-refractivity contribution is 5.83. The number of amides is 2. The number of hydrogen-bond donors (Lipinski definition) is 2. The molecule has 19 heavy (non-hydrogen) atoms. The Kier molecular flexibility index (Phi) is 5.56. The first-order chi connectivity index (χ1) is 8.90. The molecule has 1 aliphatic heterocycles. The Bertz CT molecular complexity index is 322. The highest BCUT2D eigenvalue weighted by Gasteiger charge is 2.37. The lowest BCUT2D eigenvalue weighted by atomic mass is 10.1. The lowest BCUT2D eigenvalue weighted by molar-refractivity contribution is -0.140. The molecular formula is C12H22N2O5. The minimum Gasteiger partial charge on any atom is -0.480 e. The summed E-state index contributed by atoms with van der Waals surface area (Å²) in [7, 11) is 3.12. The first kappa shape index (κ1) is 15.7. The van der Waals surface area contributed by atoms with Gasteiger partial charge in [0.15, 0.2) is 0 Å². The van der Waals surface area contributed by atoms with Crippen LogP contribution in [0.25, 0.3) is 0 Å². The largest absolute Gasteiger partial charge is 0.480 e. The fraction of sp³-hybridized carbons (Fsp3) is 0.833. The molecule has 2 N–H and O–H groups in total. The monoisotopic (exact) mass is 274 g/mol. The zero-order valence-electron chi connectivity index (χ0n) is 11.8. The molecule has 2 amide bonds. The second-order valence-corrected chi connectivity index (χ2v) is 4.96. The Labute approximate surface area is 112 Å². The number of urea groups is 1. The van der Waals surface area contributed by atoms with E-state index in [1.165, 1.54) is 4.90 Å². The van der Waals surface area contributed by atoms with Crippen molar-refractivity contribution in [3.05, 3.63) is 0 Å². The molecule has 1 heterocycles. The van der Waals surface area contributed by atoms with Crippen LogP contribution in [0.3, 0.4) is 0 Å². The zero-order valence-corrected chi connectivity index (χ0v) is 11.8. The van der Waals surface area contributed by atoms with E-state index >= 15 is 0 Å². The molecule has 0 aliphatic carbocycles. The first-order valence-electron chi connectivity index (χ1n) is 6.24. The molecule has 0 radical (unpaired) electrons. The van der Waals surface area contributed by atoms with E-state index < -0.39 is 18.0 Å². The van der Waals surface area contributed by atoms with Crippen molar-refractivity contribution >= 4 is 12.0 Å². The maximum Gasteiger partial charge on any atom is 0.326 e. The van der Waals surface area contributed by atoms with Gasteiger partial charge in [-0.25, -0.2) is 9.59 Å². The normalized spacial score (nSPS) is 24.6. The minimum atomic E-state index is -1.03. The van der Waals surface area contributed by atoms with Crippen LogP contribution in [0.4, 0.5) is 4.79 Å². The number of carbonyl (C=O) groups excluding carboxylic acids is 1. The van der Waals surface area contributed by atoms with Crippen LogP contribution in [-0.2, 0) is 14.3 Å². The molecule has 3 atom stereocenters. The standard InChI is InChI=1S/C12H22N2O5/c1-7(2)10(11(15)16)13-12(17)14-5-8(18-3)9(6-14)19-4/h7-10H,5-6H2,1-4H3,(H,13,17)(H,15,16)/t8?,9?,10-/m0/s1.